The van der Waals surface area contributed by atoms with Gasteiger partial charge in [-0.3, -0.25) is 0 Å². The zero-order chi connectivity index (χ0) is 15.7. The molecule has 5 nitrogen and oxygen atoms in total. The lowest BCUT2D eigenvalue weighted by Gasteiger charge is -2.34. The average Bonchev–Trinajstić information content (AvgIpc) is 2.38. The Morgan fingerprint density at radius 2 is 2.10 bits per heavy atom. The van der Waals surface area contributed by atoms with E-state index < -0.39 is 15.6 Å². The van der Waals surface area contributed by atoms with Crippen LogP contribution in [0.3, 0.4) is 0 Å². The topological polar surface area (TPSA) is 81.4 Å². The van der Waals surface area contributed by atoms with Crippen molar-refractivity contribution in [1.82, 2.24) is 4.72 Å². The summed E-state index contributed by atoms with van der Waals surface area (Å²) in [7, 11) is -3.77. The van der Waals surface area contributed by atoms with Crippen molar-refractivity contribution in [2.75, 3.05) is 13.2 Å². The lowest BCUT2D eigenvalue weighted by molar-refractivity contribution is 0.0386. The van der Waals surface area contributed by atoms with E-state index in [-0.39, 0.29) is 16.5 Å². The lowest BCUT2D eigenvalue weighted by atomic mass is 9.97. The van der Waals surface area contributed by atoms with Gasteiger partial charge in [-0.15, -0.1) is 0 Å². The first-order valence-electron chi connectivity index (χ1n) is 6.57. The largest absolute Gasteiger partial charge is 0.380 e. The summed E-state index contributed by atoms with van der Waals surface area (Å²) in [5, 5.41) is 0.429. The summed E-state index contributed by atoms with van der Waals surface area (Å²) in [5.74, 6) is 0. The third-order valence-electron chi connectivity index (χ3n) is 3.43. The number of sulfonamides is 1. The molecule has 1 atom stereocenters. The summed E-state index contributed by atoms with van der Waals surface area (Å²) in [5.41, 5.74) is 5.46. The molecule has 0 saturated carbocycles. The highest BCUT2D eigenvalue weighted by atomic mass is 35.5. The Kier molecular flexibility index (Phi) is 5.18. The van der Waals surface area contributed by atoms with E-state index in [4.69, 9.17) is 33.7 Å². The van der Waals surface area contributed by atoms with Gasteiger partial charge in [-0.25, -0.2) is 13.1 Å². The Balaban J connectivity index is 2.35. The molecule has 0 bridgehead atoms. The van der Waals surface area contributed by atoms with E-state index in [1.54, 1.807) is 0 Å². The van der Waals surface area contributed by atoms with E-state index in [9.17, 15) is 8.42 Å². The van der Waals surface area contributed by atoms with Gasteiger partial charge in [0.1, 0.15) is 4.90 Å². The number of hydrogen-bond acceptors (Lipinski definition) is 4. The van der Waals surface area contributed by atoms with Crippen molar-refractivity contribution in [2.24, 2.45) is 5.73 Å². The molecule has 1 aromatic rings. The monoisotopic (exact) mass is 352 g/mol. The molecule has 1 fully saturated rings. The van der Waals surface area contributed by atoms with Crippen molar-refractivity contribution in [2.45, 2.75) is 36.7 Å². The normalized spacial score (nSPS) is 23.2. The molecule has 1 unspecified atom stereocenters. The van der Waals surface area contributed by atoms with Crippen molar-refractivity contribution < 1.29 is 13.2 Å². The van der Waals surface area contributed by atoms with Crippen LogP contribution in [0.2, 0.25) is 10.0 Å². The van der Waals surface area contributed by atoms with Crippen LogP contribution in [-0.4, -0.2) is 27.2 Å². The summed E-state index contributed by atoms with van der Waals surface area (Å²) < 4.78 is 33.2. The van der Waals surface area contributed by atoms with E-state index in [1.165, 1.54) is 12.1 Å². The number of ether oxygens (including phenoxy) is 1. The van der Waals surface area contributed by atoms with Crippen molar-refractivity contribution in [3.63, 3.8) is 0 Å². The lowest BCUT2D eigenvalue weighted by Crippen LogP contribution is -2.51. The highest BCUT2D eigenvalue weighted by Gasteiger charge is 2.34. The van der Waals surface area contributed by atoms with Crippen LogP contribution in [0.4, 0.5) is 0 Å². The fourth-order valence-corrected chi connectivity index (χ4v) is 4.63. The number of benzene rings is 1. The Morgan fingerprint density at radius 3 is 2.67 bits per heavy atom. The molecule has 1 aliphatic heterocycles. The molecule has 1 saturated heterocycles. The second-order valence-corrected chi connectivity index (χ2v) is 7.87. The molecule has 0 aliphatic carbocycles. The minimum absolute atomic E-state index is 0.0131. The number of nitrogens with two attached hydrogens (primary N) is 1. The SMILES string of the molecule is CC1(NS(=O)(=O)c2cc(CN)c(Cl)cc2Cl)CCCOC1. The van der Waals surface area contributed by atoms with Gasteiger partial charge in [0.05, 0.1) is 17.2 Å². The summed E-state index contributed by atoms with van der Waals surface area (Å²) in [6.45, 7) is 2.94. The first kappa shape index (κ1) is 17.0. The first-order valence-corrected chi connectivity index (χ1v) is 8.81. The predicted molar refractivity (Wildman–Crippen MR) is 83.1 cm³/mol. The molecule has 118 valence electrons. The van der Waals surface area contributed by atoms with Crippen molar-refractivity contribution >= 4 is 33.2 Å². The van der Waals surface area contributed by atoms with Gasteiger partial charge in [0.25, 0.3) is 0 Å². The predicted octanol–water partition coefficient (Wildman–Crippen LogP) is 2.30. The molecule has 21 heavy (non-hydrogen) atoms. The number of halogens is 2. The maximum Gasteiger partial charge on any atom is 0.242 e. The minimum Gasteiger partial charge on any atom is -0.380 e. The number of nitrogens with one attached hydrogen (secondary N) is 1. The third kappa shape index (κ3) is 3.88. The molecule has 2 rings (SSSR count). The van der Waals surface area contributed by atoms with E-state index in [1.807, 2.05) is 6.92 Å². The van der Waals surface area contributed by atoms with E-state index in [2.05, 4.69) is 4.72 Å². The smallest absolute Gasteiger partial charge is 0.242 e. The van der Waals surface area contributed by atoms with Gasteiger partial charge in [-0.1, -0.05) is 23.2 Å². The molecule has 1 aliphatic rings. The zero-order valence-electron chi connectivity index (χ0n) is 11.7. The molecule has 8 heteroatoms. The third-order valence-corrected chi connectivity index (χ3v) is 5.88. The van der Waals surface area contributed by atoms with Crippen LogP contribution in [-0.2, 0) is 21.3 Å². The van der Waals surface area contributed by atoms with Crippen molar-refractivity contribution in [3.05, 3.63) is 27.7 Å². The molecule has 1 aromatic carbocycles. The molecule has 0 spiro atoms. The number of hydrogen-bond donors (Lipinski definition) is 2. The Labute approximate surface area is 134 Å². The second kappa shape index (κ2) is 6.40. The number of rotatable bonds is 4. The molecule has 0 amide bonds. The average molecular weight is 353 g/mol. The van der Waals surface area contributed by atoms with Gasteiger partial charge < -0.3 is 10.5 Å². The highest BCUT2D eigenvalue weighted by Crippen LogP contribution is 2.30. The molecule has 0 radical (unpaired) electrons. The van der Waals surface area contributed by atoms with Crippen LogP contribution in [0.25, 0.3) is 0 Å². The summed E-state index contributed by atoms with van der Waals surface area (Å²) in [6.07, 6.45) is 1.52. The van der Waals surface area contributed by atoms with Gasteiger partial charge in [0.2, 0.25) is 10.0 Å². The first-order chi connectivity index (χ1) is 9.77. The molecule has 1 heterocycles. The van der Waals surface area contributed by atoms with E-state index >= 15 is 0 Å². The van der Waals surface area contributed by atoms with Crippen LogP contribution in [0.1, 0.15) is 25.3 Å². The fourth-order valence-electron chi connectivity index (χ4n) is 2.33. The Morgan fingerprint density at radius 1 is 1.38 bits per heavy atom. The minimum atomic E-state index is -3.77. The van der Waals surface area contributed by atoms with Crippen LogP contribution < -0.4 is 10.5 Å². The van der Waals surface area contributed by atoms with Crippen LogP contribution in [0.15, 0.2) is 17.0 Å². The maximum absolute atomic E-state index is 12.6. The zero-order valence-corrected chi connectivity index (χ0v) is 14.0. The van der Waals surface area contributed by atoms with E-state index in [0.717, 1.165) is 6.42 Å². The van der Waals surface area contributed by atoms with Crippen LogP contribution >= 0.6 is 23.2 Å². The standard InChI is InChI=1S/C13H18Cl2N2O3S/c1-13(3-2-4-20-8-13)17-21(18,19)12-5-9(7-16)10(14)6-11(12)15/h5-6,17H,2-4,7-8,16H2,1H3. The van der Waals surface area contributed by atoms with Crippen LogP contribution in [0, 0.1) is 0 Å². The second-order valence-electron chi connectivity index (χ2n) is 5.40. The molecular formula is C13H18Cl2N2O3S. The summed E-state index contributed by atoms with van der Waals surface area (Å²) in [4.78, 5) is -0.0131. The molecule has 0 aromatic heterocycles. The van der Waals surface area contributed by atoms with Gasteiger partial charge in [-0.2, -0.15) is 0 Å². The van der Waals surface area contributed by atoms with Crippen LogP contribution in [0.5, 0.6) is 0 Å². The summed E-state index contributed by atoms with van der Waals surface area (Å²) >= 11 is 12.0. The quantitative estimate of drug-likeness (QED) is 0.870. The molecule has 3 N–H and O–H groups in total. The van der Waals surface area contributed by atoms with Gasteiger partial charge in [-0.05, 0) is 37.5 Å². The van der Waals surface area contributed by atoms with E-state index in [0.29, 0.717) is 30.2 Å². The maximum atomic E-state index is 12.6. The highest BCUT2D eigenvalue weighted by molar-refractivity contribution is 7.89. The summed E-state index contributed by atoms with van der Waals surface area (Å²) in [6, 6.07) is 2.82. The van der Waals surface area contributed by atoms with Gasteiger partial charge in [0, 0.05) is 18.2 Å². The molecular weight excluding hydrogens is 335 g/mol. The van der Waals surface area contributed by atoms with Crippen molar-refractivity contribution in [1.29, 1.82) is 0 Å². The Hall–Kier alpha value is -0.370. The Bertz CT molecular complexity index is 629. The van der Waals surface area contributed by atoms with Gasteiger partial charge >= 0.3 is 0 Å². The fraction of sp³-hybridized carbons (Fsp3) is 0.538. The van der Waals surface area contributed by atoms with Crippen molar-refractivity contribution in [3.8, 4) is 0 Å². The van der Waals surface area contributed by atoms with Gasteiger partial charge in [0.15, 0.2) is 0 Å².